The van der Waals surface area contributed by atoms with Crippen molar-refractivity contribution in [1.29, 1.82) is 0 Å². The summed E-state index contributed by atoms with van der Waals surface area (Å²) in [6.45, 7) is -0.214. The van der Waals surface area contributed by atoms with Gasteiger partial charge in [-0.25, -0.2) is 9.42 Å². The Kier molecular flexibility index (Phi) is 1.89. The summed E-state index contributed by atoms with van der Waals surface area (Å²) in [5.74, 6) is 0. The first-order chi connectivity index (χ1) is 6.74. The molecule has 0 bridgehead atoms. The first-order valence-corrected chi connectivity index (χ1v) is 3.80. The molecule has 0 aliphatic carbocycles. The highest BCUT2D eigenvalue weighted by Crippen LogP contribution is 1.98. The quantitative estimate of drug-likeness (QED) is 0.580. The maximum Gasteiger partial charge on any atom is 0.330 e. The number of aliphatic hydroxyl groups excluding tert-OH is 1. The second-order valence-corrected chi connectivity index (χ2v) is 2.57. The Hall–Kier alpha value is -1.96. The molecule has 2 heterocycles. The second kappa shape index (κ2) is 3.07. The lowest BCUT2D eigenvalue weighted by Crippen LogP contribution is -2.31. The Morgan fingerprint density at radius 1 is 1.43 bits per heavy atom. The lowest BCUT2D eigenvalue weighted by atomic mass is 10.5. The van der Waals surface area contributed by atoms with Gasteiger partial charge < -0.3 is 5.11 Å². The molecule has 2 aromatic rings. The molecule has 0 aromatic carbocycles. The Morgan fingerprint density at radius 2 is 2.21 bits per heavy atom. The van der Waals surface area contributed by atoms with Gasteiger partial charge in [-0.2, -0.15) is 0 Å². The number of hydrogen-bond donors (Lipinski definition) is 2. The van der Waals surface area contributed by atoms with Crippen LogP contribution in [0.4, 0.5) is 0 Å². The molecule has 14 heavy (non-hydrogen) atoms. The molecule has 0 atom stereocenters. The fourth-order valence-corrected chi connectivity index (χ4v) is 1.13. The van der Waals surface area contributed by atoms with Gasteiger partial charge >= 0.3 is 5.69 Å². The predicted octanol–water partition coefficient (Wildman–Crippen LogP) is -1.93. The molecule has 8 heteroatoms. The molecule has 0 radical (unpaired) electrons. The standard InChI is InChI=1S/C6H6N4O4/c11-2-1-10-4-3(8-14-9-4)5(12)7-6(10)13/h11H,1-2H2,(H,7,12,13). The van der Waals surface area contributed by atoms with Crippen LogP contribution in [0.2, 0.25) is 0 Å². The summed E-state index contributed by atoms with van der Waals surface area (Å²) in [5.41, 5.74) is -1.32. The number of H-pyrrole nitrogens is 1. The summed E-state index contributed by atoms with van der Waals surface area (Å²) in [6.07, 6.45) is 0. The fourth-order valence-electron chi connectivity index (χ4n) is 1.13. The second-order valence-electron chi connectivity index (χ2n) is 2.57. The zero-order valence-electron chi connectivity index (χ0n) is 6.93. The van der Waals surface area contributed by atoms with Crippen LogP contribution in [0, 0.1) is 0 Å². The third kappa shape index (κ3) is 1.12. The number of nitrogens with zero attached hydrogens (tertiary/aromatic N) is 3. The highest BCUT2D eigenvalue weighted by molar-refractivity contribution is 5.66. The van der Waals surface area contributed by atoms with E-state index in [-0.39, 0.29) is 24.3 Å². The summed E-state index contributed by atoms with van der Waals surface area (Å²) < 4.78 is 5.40. The molecule has 0 amide bonds. The molecule has 74 valence electrons. The summed E-state index contributed by atoms with van der Waals surface area (Å²) in [6, 6.07) is 0. The number of hydrogen-bond acceptors (Lipinski definition) is 6. The van der Waals surface area contributed by atoms with E-state index in [4.69, 9.17) is 5.11 Å². The van der Waals surface area contributed by atoms with Gasteiger partial charge in [-0.1, -0.05) is 0 Å². The van der Waals surface area contributed by atoms with Crippen molar-refractivity contribution in [2.24, 2.45) is 0 Å². The van der Waals surface area contributed by atoms with Gasteiger partial charge in [0.05, 0.1) is 13.2 Å². The summed E-state index contributed by atoms with van der Waals surface area (Å²) in [4.78, 5) is 24.4. The normalized spacial score (nSPS) is 10.9. The van der Waals surface area contributed by atoms with E-state index in [0.29, 0.717) is 0 Å². The molecular formula is C6H6N4O4. The Bertz CT molecular complexity index is 565. The van der Waals surface area contributed by atoms with Gasteiger partial charge in [0, 0.05) is 0 Å². The minimum Gasteiger partial charge on any atom is -0.395 e. The minimum absolute atomic E-state index is 0.0281. The largest absolute Gasteiger partial charge is 0.395 e. The third-order valence-corrected chi connectivity index (χ3v) is 1.73. The molecule has 0 saturated heterocycles. The average Bonchev–Trinajstić information content (AvgIpc) is 2.60. The van der Waals surface area contributed by atoms with Crippen molar-refractivity contribution in [2.75, 3.05) is 6.61 Å². The minimum atomic E-state index is -0.652. The topological polar surface area (TPSA) is 114 Å². The molecule has 0 fully saturated rings. The van der Waals surface area contributed by atoms with E-state index in [2.05, 4.69) is 14.9 Å². The molecule has 2 rings (SSSR count). The molecule has 0 saturated carbocycles. The van der Waals surface area contributed by atoms with Crippen molar-refractivity contribution in [3.8, 4) is 0 Å². The molecule has 0 aliphatic heterocycles. The van der Waals surface area contributed by atoms with Crippen molar-refractivity contribution in [1.82, 2.24) is 19.9 Å². The first-order valence-electron chi connectivity index (χ1n) is 3.80. The van der Waals surface area contributed by atoms with E-state index >= 15 is 0 Å². The van der Waals surface area contributed by atoms with E-state index in [1.807, 2.05) is 4.98 Å². The number of aromatic nitrogens is 4. The summed E-state index contributed by atoms with van der Waals surface area (Å²) in [7, 11) is 0. The SMILES string of the molecule is O=c1[nH]c(=O)n(CCO)c2nonc12. The highest BCUT2D eigenvalue weighted by Gasteiger charge is 2.11. The Balaban J connectivity index is 2.86. The molecular weight excluding hydrogens is 192 g/mol. The van der Waals surface area contributed by atoms with Crippen LogP contribution >= 0.6 is 0 Å². The van der Waals surface area contributed by atoms with Crippen molar-refractivity contribution in [3.63, 3.8) is 0 Å². The number of aliphatic hydroxyl groups is 1. The summed E-state index contributed by atoms with van der Waals surface area (Å²) in [5, 5.41) is 15.4. The van der Waals surface area contributed by atoms with E-state index in [9.17, 15) is 9.59 Å². The molecule has 2 N–H and O–H groups in total. The van der Waals surface area contributed by atoms with Crippen LogP contribution < -0.4 is 11.2 Å². The van der Waals surface area contributed by atoms with Gasteiger partial charge in [0.15, 0.2) is 0 Å². The summed E-state index contributed by atoms with van der Waals surface area (Å²) >= 11 is 0. The van der Waals surface area contributed by atoms with E-state index < -0.39 is 11.2 Å². The van der Waals surface area contributed by atoms with Crippen LogP contribution in [-0.2, 0) is 6.54 Å². The van der Waals surface area contributed by atoms with Crippen LogP contribution in [0.25, 0.3) is 11.2 Å². The van der Waals surface area contributed by atoms with Gasteiger partial charge in [0.2, 0.25) is 11.2 Å². The maximum absolute atomic E-state index is 11.2. The van der Waals surface area contributed by atoms with Crippen molar-refractivity contribution >= 4 is 11.2 Å². The molecule has 0 spiro atoms. The molecule has 0 aliphatic rings. The van der Waals surface area contributed by atoms with Gasteiger partial charge in [-0.05, 0) is 10.3 Å². The van der Waals surface area contributed by atoms with Crippen LogP contribution in [0.5, 0.6) is 0 Å². The van der Waals surface area contributed by atoms with Gasteiger partial charge in [-0.15, -0.1) is 0 Å². The van der Waals surface area contributed by atoms with Crippen LogP contribution in [0.3, 0.4) is 0 Å². The maximum atomic E-state index is 11.2. The Labute approximate surface area is 75.7 Å². The highest BCUT2D eigenvalue weighted by atomic mass is 16.6. The number of nitrogens with one attached hydrogen (secondary N) is 1. The van der Waals surface area contributed by atoms with Crippen LogP contribution in [0.1, 0.15) is 0 Å². The molecule has 8 nitrogen and oxygen atoms in total. The van der Waals surface area contributed by atoms with Crippen molar-refractivity contribution in [2.45, 2.75) is 6.54 Å². The zero-order chi connectivity index (χ0) is 10.1. The van der Waals surface area contributed by atoms with Crippen molar-refractivity contribution < 1.29 is 9.74 Å². The number of rotatable bonds is 2. The molecule has 2 aromatic heterocycles. The van der Waals surface area contributed by atoms with Crippen LogP contribution in [0.15, 0.2) is 14.2 Å². The predicted molar refractivity (Wildman–Crippen MR) is 43.8 cm³/mol. The van der Waals surface area contributed by atoms with Gasteiger partial charge in [0.1, 0.15) is 0 Å². The van der Waals surface area contributed by atoms with E-state index in [0.717, 1.165) is 4.57 Å². The number of fused-ring (bicyclic) bond motifs is 1. The first kappa shape index (κ1) is 8.63. The monoisotopic (exact) mass is 198 g/mol. The Morgan fingerprint density at radius 3 is 2.93 bits per heavy atom. The van der Waals surface area contributed by atoms with Gasteiger partial charge in [0.25, 0.3) is 5.56 Å². The van der Waals surface area contributed by atoms with E-state index in [1.165, 1.54) is 0 Å². The number of aromatic amines is 1. The lowest BCUT2D eigenvalue weighted by molar-refractivity contribution is 0.273. The van der Waals surface area contributed by atoms with Crippen LogP contribution in [-0.4, -0.2) is 31.6 Å². The molecule has 0 unspecified atom stereocenters. The lowest BCUT2D eigenvalue weighted by Gasteiger charge is -1.99. The van der Waals surface area contributed by atoms with E-state index in [1.54, 1.807) is 0 Å². The fraction of sp³-hybridized carbons (Fsp3) is 0.333. The zero-order valence-corrected chi connectivity index (χ0v) is 6.93. The third-order valence-electron chi connectivity index (χ3n) is 1.73. The smallest absolute Gasteiger partial charge is 0.330 e. The van der Waals surface area contributed by atoms with Crippen molar-refractivity contribution in [3.05, 3.63) is 20.8 Å². The average molecular weight is 198 g/mol. The van der Waals surface area contributed by atoms with Gasteiger partial charge in [-0.3, -0.25) is 14.3 Å².